The molecule has 1 unspecified atom stereocenters. The van der Waals surface area contributed by atoms with E-state index in [4.69, 9.17) is 0 Å². The van der Waals surface area contributed by atoms with E-state index < -0.39 is 0 Å². The fraction of sp³-hybridized carbons (Fsp3) is 0.278. The van der Waals surface area contributed by atoms with Crippen molar-refractivity contribution < 1.29 is 4.79 Å². The van der Waals surface area contributed by atoms with E-state index >= 15 is 0 Å². The van der Waals surface area contributed by atoms with Crippen molar-refractivity contribution in [2.75, 3.05) is 0 Å². The van der Waals surface area contributed by atoms with Crippen molar-refractivity contribution in [3.8, 4) is 0 Å². The minimum absolute atomic E-state index is 0.0517. The van der Waals surface area contributed by atoms with Crippen LogP contribution in [0, 0.1) is 12.8 Å². The molecular formula is C18H19NO. The number of benzene rings is 2. The normalized spacial score (nSPS) is 15.7. The van der Waals surface area contributed by atoms with Crippen LogP contribution in [-0.2, 0) is 4.79 Å². The van der Waals surface area contributed by atoms with Crippen LogP contribution in [0.15, 0.2) is 54.6 Å². The van der Waals surface area contributed by atoms with E-state index in [2.05, 4.69) is 42.6 Å². The van der Waals surface area contributed by atoms with Gasteiger partial charge in [0.15, 0.2) is 0 Å². The van der Waals surface area contributed by atoms with Gasteiger partial charge in [-0.15, -0.1) is 0 Å². The van der Waals surface area contributed by atoms with Gasteiger partial charge in [0.25, 0.3) is 0 Å². The monoisotopic (exact) mass is 265 g/mol. The van der Waals surface area contributed by atoms with Crippen molar-refractivity contribution in [1.82, 2.24) is 5.32 Å². The Kier molecular flexibility index (Phi) is 3.55. The third-order valence-electron chi connectivity index (χ3n) is 3.74. The Hall–Kier alpha value is -2.09. The maximum absolute atomic E-state index is 12.1. The van der Waals surface area contributed by atoms with Crippen LogP contribution in [0.5, 0.6) is 0 Å². The Morgan fingerprint density at radius 3 is 2.40 bits per heavy atom. The zero-order chi connectivity index (χ0) is 13.9. The number of amides is 1. The van der Waals surface area contributed by atoms with Crippen molar-refractivity contribution in [2.24, 2.45) is 5.92 Å². The highest BCUT2D eigenvalue weighted by Gasteiger charge is 2.31. The molecule has 102 valence electrons. The van der Waals surface area contributed by atoms with E-state index in [-0.39, 0.29) is 17.9 Å². The lowest BCUT2D eigenvalue weighted by Gasteiger charge is -2.20. The fourth-order valence-electron chi connectivity index (χ4n) is 2.46. The first kappa shape index (κ1) is 12.9. The van der Waals surface area contributed by atoms with Gasteiger partial charge in [0, 0.05) is 5.92 Å². The number of rotatable bonds is 4. The maximum Gasteiger partial charge on any atom is 0.223 e. The van der Waals surface area contributed by atoms with E-state index in [9.17, 15) is 4.79 Å². The number of aryl methyl sites for hydroxylation is 1. The smallest absolute Gasteiger partial charge is 0.223 e. The minimum atomic E-state index is -0.0517. The van der Waals surface area contributed by atoms with Crippen molar-refractivity contribution in [3.63, 3.8) is 0 Å². The zero-order valence-corrected chi connectivity index (χ0v) is 11.7. The number of hydrogen-bond acceptors (Lipinski definition) is 1. The lowest BCUT2D eigenvalue weighted by Crippen LogP contribution is -2.30. The van der Waals surface area contributed by atoms with Crippen LogP contribution >= 0.6 is 0 Å². The maximum atomic E-state index is 12.1. The lowest BCUT2D eigenvalue weighted by atomic mass is 9.97. The third kappa shape index (κ3) is 2.90. The summed E-state index contributed by atoms with van der Waals surface area (Å²) in [7, 11) is 0. The van der Waals surface area contributed by atoms with Crippen LogP contribution in [0.1, 0.15) is 35.6 Å². The molecule has 1 fully saturated rings. The molecule has 2 aromatic rings. The van der Waals surface area contributed by atoms with E-state index in [0.717, 1.165) is 24.0 Å². The molecule has 1 saturated carbocycles. The molecule has 1 N–H and O–H groups in total. The van der Waals surface area contributed by atoms with Crippen LogP contribution in [0.3, 0.4) is 0 Å². The molecule has 2 nitrogen and oxygen atoms in total. The molecule has 1 aliphatic rings. The highest BCUT2D eigenvalue weighted by Crippen LogP contribution is 2.31. The van der Waals surface area contributed by atoms with Gasteiger partial charge >= 0.3 is 0 Å². The first-order valence-electron chi connectivity index (χ1n) is 7.16. The molecule has 1 aliphatic carbocycles. The van der Waals surface area contributed by atoms with Crippen LogP contribution in [0.25, 0.3) is 0 Å². The number of carbonyl (C=O) groups is 1. The second-order valence-electron chi connectivity index (χ2n) is 5.54. The molecule has 0 aliphatic heterocycles. The van der Waals surface area contributed by atoms with Crippen molar-refractivity contribution in [3.05, 3.63) is 71.3 Å². The number of nitrogens with one attached hydrogen (secondary N) is 1. The lowest BCUT2D eigenvalue weighted by molar-refractivity contribution is -0.122. The summed E-state index contributed by atoms with van der Waals surface area (Å²) in [5, 5.41) is 3.20. The molecular weight excluding hydrogens is 246 g/mol. The molecule has 1 amide bonds. The highest BCUT2D eigenvalue weighted by molar-refractivity contribution is 5.81. The van der Waals surface area contributed by atoms with Gasteiger partial charge in [0.1, 0.15) is 0 Å². The molecule has 0 radical (unpaired) electrons. The first-order chi connectivity index (χ1) is 9.74. The van der Waals surface area contributed by atoms with Gasteiger partial charge in [-0.2, -0.15) is 0 Å². The summed E-state index contributed by atoms with van der Waals surface area (Å²) in [6.45, 7) is 2.08. The summed E-state index contributed by atoms with van der Waals surface area (Å²) >= 11 is 0. The molecule has 0 spiro atoms. The van der Waals surface area contributed by atoms with E-state index in [1.807, 2.05) is 24.3 Å². The second kappa shape index (κ2) is 5.49. The van der Waals surface area contributed by atoms with Crippen molar-refractivity contribution >= 4 is 5.91 Å². The first-order valence-corrected chi connectivity index (χ1v) is 7.16. The minimum Gasteiger partial charge on any atom is -0.345 e. The van der Waals surface area contributed by atoms with Gasteiger partial charge in [0.05, 0.1) is 6.04 Å². The molecule has 20 heavy (non-hydrogen) atoms. The van der Waals surface area contributed by atoms with E-state index in [0.29, 0.717) is 0 Å². The standard InChI is InChI=1S/C18H19NO/c1-13-6-5-9-16(12-13)17(14-7-3-2-4-8-14)19-18(20)15-10-11-15/h2-9,12,15,17H,10-11H2,1H3,(H,19,20). The number of hydrogen-bond donors (Lipinski definition) is 1. The average molecular weight is 265 g/mol. The Balaban J connectivity index is 1.92. The quantitative estimate of drug-likeness (QED) is 0.899. The molecule has 0 saturated heterocycles. The average Bonchev–Trinajstić information content (AvgIpc) is 3.30. The summed E-state index contributed by atoms with van der Waals surface area (Å²) in [5.41, 5.74) is 3.49. The van der Waals surface area contributed by atoms with Crippen LogP contribution in [-0.4, -0.2) is 5.91 Å². The van der Waals surface area contributed by atoms with Gasteiger partial charge in [-0.25, -0.2) is 0 Å². The Morgan fingerprint density at radius 2 is 1.75 bits per heavy atom. The summed E-state index contributed by atoms with van der Waals surface area (Å²) in [6, 6.07) is 18.5. The molecule has 0 aromatic heterocycles. The Bertz CT molecular complexity index is 602. The summed E-state index contributed by atoms with van der Waals surface area (Å²) in [5.74, 6) is 0.409. The molecule has 2 heteroatoms. The zero-order valence-electron chi connectivity index (χ0n) is 11.7. The van der Waals surface area contributed by atoms with Crippen molar-refractivity contribution in [2.45, 2.75) is 25.8 Å². The summed E-state index contributed by atoms with van der Waals surface area (Å²) < 4.78 is 0. The van der Waals surface area contributed by atoms with E-state index in [1.54, 1.807) is 0 Å². The predicted molar refractivity (Wildman–Crippen MR) is 80.3 cm³/mol. The van der Waals surface area contributed by atoms with Gasteiger partial charge in [0.2, 0.25) is 5.91 Å². The predicted octanol–water partition coefficient (Wildman–Crippen LogP) is 3.61. The topological polar surface area (TPSA) is 29.1 Å². The number of carbonyl (C=O) groups excluding carboxylic acids is 1. The summed E-state index contributed by atoms with van der Waals surface area (Å²) in [4.78, 5) is 12.1. The van der Waals surface area contributed by atoms with Crippen LogP contribution in [0.4, 0.5) is 0 Å². The highest BCUT2D eigenvalue weighted by atomic mass is 16.2. The Morgan fingerprint density at radius 1 is 1.05 bits per heavy atom. The van der Waals surface area contributed by atoms with Gasteiger partial charge in [-0.3, -0.25) is 4.79 Å². The summed E-state index contributed by atoms with van der Waals surface area (Å²) in [6.07, 6.45) is 2.06. The van der Waals surface area contributed by atoms with E-state index in [1.165, 1.54) is 5.56 Å². The molecule has 2 aromatic carbocycles. The largest absolute Gasteiger partial charge is 0.345 e. The van der Waals surface area contributed by atoms with Crippen LogP contribution in [0.2, 0.25) is 0 Å². The van der Waals surface area contributed by atoms with Gasteiger partial charge < -0.3 is 5.32 Å². The second-order valence-corrected chi connectivity index (χ2v) is 5.54. The van der Waals surface area contributed by atoms with Crippen LogP contribution < -0.4 is 5.32 Å². The fourth-order valence-corrected chi connectivity index (χ4v) is 2.46. The molecule has 3 rings (SSSR count). The SMILES string of the molecule is Cc1cccc(C(NC(=O)C2CC2)c2ccccc2)c1. The van der Waals surface area contributed by atoms with Gasteiger partial charge in [-0.05, 0) is 30.9 Å². The van der Waals surface area contributed by atoms with Gasteiger partial charge in [-0.1, -0.05) is 60.2 Å². The Labute approximate surface area is 119 Å². The molecule has 0 heterocycles. The third-order valence-corrected chi connectivity index (χ3v) is 3.74. The van der Waals surface area contributed by atoms with Crippen molar-refractivity contribution in [1.29, 1.82) is 0 Å². The molecule has 1 atom stereocenters. The molecule has 0 bridgehead atoms.